The Morgan fingerprint density at radius 2 is 1.06 bits per heavy atom. The molecule has 0 amide bonds. The average Bonchev–Trinajstić information content (AvgIpc) is 3.40. The summed E-state index contributed by atoms with van der Waals surface area (Å²) in [7, 11) is 1.60. The molecule has 2 spiro atoms. The molecule has 5 saturated heterocycles. The summed E-state index contributed by atoms with van der Waals surface area (Å²) in [6.07, 6.45) is -6.06. The monoisotopic (exact) mass is 657 g/mol. The molecule has 5 fully saturated rings. The van der Waals surface area contributed by atoms with E-state index in [0.717, 1.165) is 5.75 Å². The van der Waals surface area contributed by atoms with Crippen molar-refractivity contribution in [2.75, 3.05) is 12.8 Å². The number of hydrogen-bond donors (Lipinski definition) is 1. The van der Waals surface area contributed by atoms with Gasteiger partial charge in [-0.2, -0.15) is 0 Å². The van der Waals surface area contributed by atoms with Crippen molar-refractivity contribution in [1.82, 2.24) is 0 Å². The Morgan fingerprint density at radius 1 is 0.710 bits per heavy atom. The third kappa shape index (κ3) is 3.42. The van der Waals surface area contributed by atoms with E-state index >= 15 is 0 Å². The van der Waals surface area contributed by atoms with Crippen LogP contribution in [0.5, 0.6) is 5.75 Å². The number of para-hydroxylation sites is 2. The molecule has 4 atom stereocenters. The Labute approximate surface area is 185 Å². The molecule has 4 unspecified atom stereocenters. The van der Waals surface area contributed by atoms with E-state index in [-0.39, 0.29) is 0 Å². The number of benzene rings is 1. The number of nitrogen functional groups attached to an aromatic ring is 1. The van der Waals surface area contributed by atoms with Gasteiger partial charge in [0.25, 0.3) is 0 Å². The zero-order valence-electron chi connectivity index (χ0n) is 15.4. The molecule has 31 heavy (non-hydrogen) atoms. The molecule has 0 radical (unpaired) electrons. The fourth-order valence-electron chi connectivity index (χ4n) is 3.02. The van der Waals surface area contributed by atoms with Crippen LogP contribution in [0.1, 0.15) is 0 Å². The number of carbonyl (C=O) groups is 4. The summed E-state index contributed by atoms with van der Waals surface area (Å²) in [6.45, 7) is 0. The van der Waals surface area contributed by atoms with Gasteiger partial charge in [0.1, 0.15) is 5.75 Å². The molecule has 0 saturated carbocycles. The second kappa shape index (κ2) is 7.36. The van der Waals surface area contributed by atoms with Gasteiger partial charge in [0.2, 0.25) is 0 Å². The molecule has 1 aromatic carbocycles. The van der Waals surface area contributed by atoms with Crippen molar-refractivity contribution in [2.24, 2.45) is 0 Å². The Morgan fingerprint density at radius 3 is 1.35 bits per heavy atom. The van der Waals surface area contributed by atoms with Crippen LogP contribution in [-0.4, -0.2) is 96.4 Å². The van der Waals surface area contributed by atoms with Gasteiger partial charge in [-0.05, 0) is 12.1 Å². The molecular weight excluding hydrogens is 646 g/mol. The summed E-state index contributed by atoms with van der Waals surface area (Å²) in [5.74, 6) is -3.13. The first-order chi connectivity index (χ1) is 14.7. The predicted octanol–water partition coefficient (Wildman–Crippen LogP) is -2.08. The average molecular weight is 659 g/mol. The number of carbonyl (C=O) groups excluding carboxylic acids is 4. The van der Waals surface area contributed by atoms with E-state index in [0.29, 0.717) is 5.69 Å². The van der Waals surface area contributed by atoms with E-state index in [2.05, 4.69) is 0 Å². The Hall–Kier alpha value is -1.82. The van der Waals surface area contributed by atoms with Gasteiger partial charge < -0.3 is 10.5 Å². The van der Waals surface area contributed by atoms with E-state index in [1.807, 2.05) is 18.2 Å². The van der Waals surface area contributed by atoms with Gasteiger partial charge in [0.15, 0.2) is 0 Å². The number of methoxy groups -OCH3 is 1. The number of nitrogens with two attached hydrogens (primary N) is 1. The summed E-state index contributed by atoms with van der Waals surface area (Å²) in [4.78, 5) is 47.6. The van der Waals surface area contributed by atoms with Gasteiger partial charge in [-0.15, -0.1) is 0 Å². The molecular formula is C15H13NO13Sb2-2. The summed E-state index contributed by atoms with van der Waals surface area (Å²) in [6, 6.07) is 7.39. The van der Waals surface area contributed by atoms with E-state index < -0.39 is 89.3 Å². The maximum absolute atomic E-state index is 11.9. The first-order valence-electron chi connectivity index (χ1n) is 8.59. The molecule has 2 N–H and O–H groups in total. The summed E-state index contributed by atoms with van der Waals surface area (Å²) < 4.78 is 45.9. The van der Waals surface area contributed by atoms with E-state index in [4.69, 9.17) is 34.6 Å². The molecule has 14 nitrogen and oxygen atoms in total. The molecule has 5 heterocycles. The van der Waals surface area contributed by atoms with Gasteiger partial charge in [-0.1, -0.05) is 12.1 Å². The molecule has 1 aromatic rings. The normalized spacial score (nSPS) is 43.1. The quantitative estimate of drug-likeness (QED) is 0.257. The number of hydrogen-bond acceptors (Lipinski definition) is 14. The molecule has 5 aliphatic rings. The summed E-state index contributed by atoms with van der Waals surface area (Å²) in [5, 5.41) is 0. The van der Waals surface area contributed by atoms with Crippen molar-refractivity contribution in [1.29, 1.82) is 0 Å². The van der Waals surface area contributed by atoms with Crippen molar-refractivity contribution in [2.45, 2.75) is 24.4 Å². The number of anilines is 1. The molecule has 6 bridgehead atoms. The van der Waals surface area contributed by atoms with Crippen LogP contribution in [0.25, 0.3) is 0 Å². The maximum atomic E-state index is 11.9. The zero-order valence-corrected chi connectivity index (χ0v) is 20.5. The molecule has 16 heteroatoms. The van der Waals surface area contributed by atoms with Gasteiger partial charge in [-0.25, -0.2) is 0 Å². The van der Waals surface area contributed by atoms with E-state index in [1.54, 1.807) is 13.2 Å². The van der Waals surface area contributed by atoms with Crippen LogP contribution in [0.2, 0.25) is 0 Å². The van der Waals surface area contributed by atoms with Crippen molar-refractivity contribution in [3.05, 3.63) is 24.3 Å². The van der Waals surface area contributed by atoms with Gasteiger partial charge >= 0.3 is 133 Å². The summed E-state index contributed by atoms with van der Waals surface area (Å²) in [5.41, 5.74) is 6.19. The first-order valence-corrected chi connectivity index (χ1v) is 16.9. The number of rotatable bonds is 1. The van der Waals surface area contributed by atoms with Crippen LogP contribution in [0, 0.1) is 0 Å². The van der Waals surface area contributed by atoms with E-state index in [9.17, 15) is 19.2 Å². The fraction of sp³-hybridized carbons (Fsp3) is 0.333. The second-order valence-electron chi connectivity index (χ2n) is 6.38. The van der Waals surface area contributed by atoms with Gasteiger partial charge in [-0.3, -0.25) is 0 Å². The Balaban J connectivity index is 0.000000192. The van der Waals surface area contributed by atoms with Crippen molar-refractivity contribution in [3.63, 3.8) is 0 Å². The number of fused-ring (bicyclic) bond motifs is 6. The van der Waals surface area contributed by atoms with Crippen LogP contribution < -0.4 is 10.5 Å². The van der Waals surface area contributed by atoms with Crippen LogP contribution in [0.4, 0.5) is 5.69 Å². The Kier molecular flexibility index (Phi) is 5.00. The minimum absolute atomic E-state index is 0.681. The van der Waals surface area contributed by atoms with Crippen LogP contribution in [-0.2, 0) is 43.3 Å². The number of ether oxygens (including phenoxy) is 1. The molecule has 5 aliphatic heterocycles. The SMILES string of the molecule is COc1ccccc1N.O=C1[O][Sb-]23[O]C(=O)C([O]2)C2[O][Sb-]4([O]C(=O)C([O]4)C1[O]3)[O]C2=O. The van der Waals surface area contributed by atoms with Gasteiger partial charge in [0, 0.05) is 0 Å². The fourth-order valence-corrected chi connectivity index (χ4v) is 13.6. The molecule has 0 aromatic heterocycles. The minimum atomic E-state index is -4.87. The van der Waals surface area contributed by atoms with Crippen molar-refractivity contribution < 1.29 is 48.0 Å². The van der Waals surface area contributed by atoms with Crippen LogP contribution in [0.3, 0.4) is 0 Å². The van der Waals surface area contributed by atoms with E-state index in [1.165, 1.54) is 0 Å². The third-order valence-corrected chi connectivity index (χ3v) is 14.5. The standard InChI is InChI=1S/C7H9NO.2C4H4O6.2Sb/c1-9-7-5-3-2-4-6(7)8;2*5-1(3(7)8)2(6)4(9)10;;/h2-5H,8H2,1H3;2*1-2H,(H,7,8)(H,9,10);;/q;2*-2;2*+3/p-4. The third-order valence-electron chi connectivity index (χ3n) is 4.40. The molecule has 0 aliphatic carbocycles. The zero-order chi connectivity index (χ0) is 22.0. The Bertz CT molecular complexity index is 889. The predicted molar refractivity (Wildman–Crippen MR) is 92.8 cm³/mol. The van der Waals surface area contributed by atoms with Crippen molar-refractivity contribution >= 4 is 70.5 Å². The first kappa shape index (κ1) is 21.0. The van der Waals surface area contributed by atoms with Crippen LogP contribution in [0.15, 0.2) is 24.3 Å². The molecule has 168 valence electrons. The van der Waals surface area contributed by atoms with Crippen LogP contribution >= 0.6 is 0 Å². The molecule has 6 rings (SSSR count). The summed E-state index contributed by atoms with van der Waals surface area (Å²) >= 11 is -9.74. The second-order valence-corrected chi connectivity index (χ2v) is 16.0. The van der Waals surface area contributed by atoms with Crippen molar-refractivity contribution in [3.8, 4) is 5.75 Å². The topological polar surface area (TPSA) is 177 Å². The van der Waals surface area contributed by atoms with Gasteiger partial charge in [0.05, 0.1) is 12.8 Å².